The first-order valence-corrected chi connectivity index (χ1v) is 9.65. The molecular formula is C23H28O3. The van der Waals surface area contributed by atoms with Crippen molar-refractivity contribution >= 4 is 5.97 Å². The van der Waals surface area contributed by atoms with E-state index in [4.69, 9.17) is 9.84 Å². The molecule has 3 heteroatoms. The normalized spacial score (nSPS) is 19.3. The highest BCUT2D eigenvalue weighted by atomic mass is 16.5. The third-order valence-corrected chi connectivity index (χ3v) is 5.87. The minimum absolute atomic E-state index is 0.0235. The first kappa shape index (κ1) is 18.6. The minimum Gasteiger partial charge on any atom is -0.489 e. The summed E-state index contributed by atoms with van der Waals surface area (Å²) in [6.45, 7) is 2.39. The highest BCUT2D eigenvalue weighted by molar-refractivity contribution is 5.69. The molecule has 3 nitrogen and oxygen atoms in total. The molecule has 138 valence electrons. The van der Waals surface area contributed by atoms with Crippen molar-refractivity contribution in [2.24, 2.45) is 5.41 Å². The molecule has 1 aromatic rings. The lowest BCUT2D eigenvalue weighted by molar-refractivity contribution is -0.137. The molecule has 1 N–H and O–H groups in total. The molecule has 0 radical (unpaired) electrons. The summed E-state index contributed by atoms with van der Waals surface area (Å²) in [6, 6.07) is 7.69. The van der Waals surface area contributed by atoms with E-state index in [0.29, 0.717) is 12.0 Å². The fraction of sp³-hybridized carbons (Fsp3) is 0.522. The summed E-state index contributed by atoms with van der Waals surface area (Å²) in [4.78, 5) is 11.0. The molecule has 0 bridgehead atoms. The zero-order chi connectivity index (χ0) is 18.4. The van der Waals surface area contributed by atoms with Crippen molar-refractivity contribution in [2.45, 2.75) is 64.2 Å². The van der Waals surface area contributed by atoms with Crippen LogP contribution in [-0.2, 0) is 4.79 Å². The number of aliphatic carboxylic acids is 1. The zero-order valence-electron chi connectivity index (χ0n) is 15.6. The van der Waals surface area contributed by atoms with Crippen molar-refractivity contribution in [1.29, 1.82) is 0 Å². The van der Waals surface area contributed by atoms with Crippen LogP contribution in [0.3, 0.4) is 0 Å². The molecule has 1 aromatic carbocycles. The molecule has 2 aliphatic rings. The zero-order valence-corrected chi connectivity index (χ0v) is 15.6. The Morgan fingerprint density at radius 3 is 2.54 bits per heavy atom. The van der Waals surface area contributed by atoms with Crippen LogP contribution < -0.4 is 4.74 Å². The van der Waals surface area contributed by atoms with Gasteiger partial charge >= 0.3 is 5.97 Å². The maximum absolute atomic E-state index is 11.0. The van der Waals surface area contributed by atoms with Gasteiger partial charge < -0.3 is 9.84 Å². The Kier molecular flexibility index (Phi) is 6.04. The van der Waals surface area contributed by atoms with Crippen molar-refractivity contribution in [1.82, 2.24) is 0 Å². The monoisotopic (exact) mass is 352 g/mol. The average molecular weight is 352 g/mol. The second-order valence-corrected chi connectivity index (χ2v) is 7.68. The molecule has 1 fully saturated rings. The van der Waals surface area contributed by atoms with E-state index in [-0.39, 0.29) is 12.3 Å². The van der Waals surface area contributed by atoms with E-state index in [9.17, 15) is 4.79 Å². The molecule has 0 aliphatic heterocycles. The van der Waals surface area contributed by atoms with E-state index >= 15 is 0 Å². The Labute approximate surface area is 156 Å². The Balaban J connectivity index is 1.55. The predicted molar refractivity (Wildman–Crippen MR) is 103 cm³/mol. The lowest BCUT2D eigenvalue weighted by Gasteiger charge is -2.32. The van der Waals surface area contributed by atoms with Crippen molar-refractivity contribution in [2.75, 3.05) is 6.61 Å². The standard InChI is InChI=1S/C23H28O3/c1-2-5-20(16-22(24)25)19-6-8-21(9-7-19)26-17-18-10-14-23(15-11-18)12-3-4-13-23/h6-10,20H,3-4,11-17H2,1H3,(H,24,25). The Hall–Kier alpha value is -2.21. The quantitative estimate of drug-likeness (QED) is 0.557. The van der Waals surface area contributed by atoms with E-state index < -0.39 is 5.97 Å². The number of carboxylic acid groups (broad SMARTS) is 1. The van der Waals surface area contributed by atoms with Crippen LogP contribution in [0.25, 0.3) is 0 Å². The molecule has 1 unspecified atom stereocenters. The van der Waals surface area contributed by atoms with Crippen LogP contribution in [0.5, 0.6) is 5.75 Å². The van der Waals surface area contributed by atoms with Crippen molar-refractivity contribution in [3.63, 3.8) is 0 Å². The van der Waals surface area contributed by atoms with Gasteiger partial charge in [-0.25, -0.2) is 0 Å². The Morgan fingerprint density at radius 2 is 1.96 bits per heavy atom. The maximum atomic E-state index is 11.0. The van der Waals surface area contributed by atoms with Gasteiger partial charge in [-0.15, -0.1) is 5.92 Å². The van der Waals surface area contributed by atoms with Crippen LogP contribution >= 0.6 is 0 Å². The summed E-state index contributed by atoms with van der Waals surface area (Å²) in [5.74, 6) is 5.53. The molecule has 3 rings (SSSR count). The van der Waals surface area contributed by atoms with E-state index in [0.717, 1.165) is 17.7 Å². The summed E-state index contributed by atoms with van der Waals surface area (Å²) >= 11 is 0. The van der Waals surface area contributed by atoms with Crippen LogP contribution in [0.1, 0.15) is 69.8 Å². The summed E-state index contributed by atoms with van der Waals surface area (Å²) in [5, 5.41) is 9.03. The van der Waals surface area contributed by atoms with Gasteiger partial charge in [0.05, 0.1) is 12.3 Å². The van der Waals surface area contributed by atoms with Crippen molar-refractivity contribution in [3.8, 4) is 17.6 Å². The number of rotatable bonds is 6. The van der Waals surface area contributed by atoms with E-state index in [1.165, 1.54) is 44.1 Å². The fourth-order valence-corrected chi connectivity index (χ4v) is 4.27. The summed E-state index contributed by atoms with van der Waals surface area (Å²) in [5.41, 5.74) is 2.94. The highest BCUT2D eigenvalue weighted by Gasteiger charge is 2.34. The number of hydrogen-bond acceptors (Lipinski definition) is 2. The molecular weight excluding hydrogens is 324 g/mol. The molecule has 1 spiro atoms. The number of carboxylic acids is 1. The van der Waals surface area contributed by atoms with E-state index in [1.54, 1.807) is 6.92 Å². The topological polar surface area (TPSA) is 46.5 Å². The maximum Gasteiger partial charge on any atom is 0.304 e. The van der Waals surface area contributed by atoms with Gasteiger partial charge in [-0.05, 0) is 67.7 Å². The van der Waals surface area contributed by atoms with Gasteiger partial charge in [0.25, 0.3) is 0 Å². The van der Waals surface area contributed by atoms with Gasteiger partial charge in [-0.2, -0.15) is 0 Å². The fourth-order valence-electron chi connectivity index (χ4n) is 4.27. The lowest BCUT2D eigenvalue weighted by atomic mass is 9.74. The third-order valence-electron chi connectivity index (χ3n) is 5.87. The van der Waals surface area contributed by atoms with Crippen LogP contribution in [0.15, 0.2) is 35.9 Å². The molecule has 2 aliphatic carbocycles. The second-order valence-electron chi connectivity index (χ2n) is 7.68. The largest absolute Gasteiger partial charge is 0.489 e. The molecule has 0 aromatic heterocycles. The van der Waals surface area contributed by atoms with Gasteiger partial charge in [0, 0.05) is 0 Å². The number of carbonyl (C=O) groups is 1. The van der Waals surface area contributed by atoms with Gasteiger partial charge in [-0.1, -0.05) is 37.0 Å². The molecule has 1 atom stereocenters. The van der Waals surface area contributed by atoms with Crippen LogP contribution in [0.4, 0.5) is 0 Å². The van der Waals surface area contributed by atoms with Crippen LogP contribution in [0, 0.1) is 17.3 Å². The predicted octanol–water partition coefficient (Wildman–Crippen LogP) is 5.32. The first-order valence-electron chi connectivity index (χ1n) is 9.65. The first-order chi connectivity index (χ1) is 12.6. The molecule has 0 amide bonds. The third kappa shape index (κ3) is 4.69. The number of hydrogen-bond donors (Lipinski definition) is 1. The Bertz CT molecular complexity index is 712. The van der Waals surface area contributed by atoms with Crippen molar-refractivity contribution < 1.29 is 14.6 Å². The molecule has 0 saturated heterocycles. The van der Waals surface area contributed by atoms with Gasteiger partial charge in [0.1, 0.15) is 12.4 Å². The smallest absolute Gasteiger partial charge is 0.304 e. The molecule has 1 saturated carbocycles. The number of allylic oxidation sites excluding steroid dienone is 1. The summed E-state index contributed by atoms with van der Waals surface area (Å²) in [6.07, 6.45) is 11.7. The molecule has 0 heterocycles. The minimum atomic E-state index is -0.831. The van der Waals surface area contributed by atoms with Gasteiger partial charge in [-0.3, -0.25) is 4.79 Å². The SMILES string of the molecule is CC#CC(CC(=O)O)c1ccc(OCC2=CCC3(CCCC3)CC2)cc1. The number of benzene rings is 1. The Morgan fingerprint density at radius 1 is 1.23 bits per heavy atom. The van der Waals surface area contributed by atoms with Crippen LogP contribution in [-0.4, -0.2) is 17.7 Å². The highest BCUT2D eigenvalue weighted by Crippen LogP contribution is 2.48. The lowest BCUT2D eigenvalue weighted by Crippen LogP contribution is -2.20. The second kappa shape index (κ2) is 8.45. The summed E-state index contributed by atoms with van der Waals surface area (Å²) in [7, 11) is 0. The van der Waals surface area contributed by atoms with E-state index in [1.807, 2.05) is 24.3 Å². The van der Waals surface area contributed by atoms with Crippen molar-refractivity contribution in [3.05, 3.63) is 41.5 Å². The van der Waals surface area contributed by atoms with E-state index in [2.05, 4.69) is 17.9 Å². The van der Waals surface area contributed by atoms with Gasteiger partial charge in [0.2, 0.25) is 0 Å². The number of ether oxygens (including phenoxy) is 1. The van der Waals surface area contributed by atoms with Gasteiger partial charge in [0.15, 0.2) is 0 Å². The van der Waals surface area contributed by atoms with Crippen LogP contribution in [0.2, 0.25) is 0 Å². The summed E-state index contributed by atoms with van der Waals surface area (Å²) < 4.78 is 5.95. The molecule has 26 heavy (non-hydrogen) atoms. The average Bonchev–Trinajstić information content (AvgIpc) is 3.09.